The van der Waals surface area contributed by atoms with Gasteiger partial charge in [0.15, 0.2) is 5.71 Å². The molecule has 0 saturated carbocycles. The van der Waals surface area contributed by atoms with Crippen molar-refractivity contribution in [2.45, 2.75) is 0 Å². The predicted octanol–water partition coefficient (Wildman–Crippen LogP) is 3.05. The summed E-state index contributed by atoms with van der Waals surface area (Å²) < 4.78 is 5.27. The minimum Gasteiger partial charge on any atom is -0.496 e. The molecule has 2 aromatic rings. The zero-order chi connectivity index (χ0) is 16.9. The number of rotatable bonds is 5. The molecule has 0 unspecified atom stereocenters. The molecule has 0 radical (unpaired) electrons. The van der Waals surface area contributed by atoms with Gasteiger partial charge in [-0.25, -0.2) is 0 Å². The molecule has 0 bridgehead atoms. The summed E-state index contributed by atoms with van der Waals surface area (Å²) in [6, 6.07) is 15.0. The van der Waals surface area contributed by atoms with Crippen LogP contribution in [0.25, 0.3) is 0 Å². The number of methoxy groups -OCH3 is 1. The van der Waals surface area contributed by atoms with Gasteiger partial charge in [-0.05, 0) is 18.2 Å². The van der Waals surface area contributed by atoms with Crippen LogP contribution in [0, 0.1) is 0 Å². The number of benzene rings is 2. The molecule has 1 aliphatic heterocycles. The molecule has 5 nitrogen and oxygen atoms in total. The summed E-state index contributed by atoms with van der Waals surface area (Å²) >= 11 is 0. The van der Waals surface area contributed by atoms with Crippen molar-refractivity contribution in [3.63, 3.8) is 0 Å². The van der Waals surface area contributed by atoms with E-state index in [-0.39, 0.29) is 5.91 Å². The van der Waals surface area contributed by atoms with E-state index in [1.807, 2.05) is 48.5 Å². The lowest BCUT2D eigenvalue weighted by molar-refractivity contribution is -0.112. The Kier molecular flexibility index (Phi) is 4.52. The summed E-state index contributed by atoms with van der Waals surface area (Å²) in [5, 5.41) is 8.24. The molecule has 0 spiro atoms. The standard InChI is InChI=1S/C19H17N3O2/c1-3-12-22-16-10-6-5-9-15(16)18(19(22)23)21-20-13-14-8-4-7-11-17(14)24-2/h3-11,13H,1,12H2,2H3/b20-13-,21-18-. The summed E-state index contributed by atoms with van der Waals surface area (Å²) in [7, 11) is 1.60. The lowest BCUT2D eigenvalue weighted by atomic mass is 10.1. The van der Waals surface area contributed by atoms with Crippen LogP contribution in [0.5, 0.6) is 5.75 Å². The fourth-order valence-corrected chi connectivity index (χ4v) is 2.59. The van der Waals surface area contributed by atoms with Crippen LogP contribution >= 0.6 is 0 Å². The van der Waals surface area contributed by atoms with E-state index in [1.54, 1.807) is 24.3 Å². The minimum absolute atomic E-state index is 0.173. The second-order valence-corrected chi connectivity index (χ2v) is 5.16. The molecule has 24 heavy (non-hydrogen) atoms. The second-order valence-electron chi connectivity index (χ2n) is 5.16. The van der Waals surface area contributed by atoms with Crippen LogP contribution in [0.15, 0.2) is 71.4 Å². The third kappa shape index (κ3) is 2.84. The van der Waals surface area contributed by atoms with Gasteiger partial charge in [-0.15, -0.1) is 11.7 Å². The summed E-state index contributed by atoms with van der Waals surface area (Å²) in [6.45, 7) is 4.14. The van der Waals surface area contributed by atoms with Crippen LogP contribution in [0.1, 0.15) is 11.1 Å². The Morgan fingerprint density at radius 3 is 2.71 bits per heavy atom. The fourth-order valence-electron chi connectivity index (χ4n) is 2.59. The van der Waals surface area contributed by atoms with Crippen LogP contribution in [-0.4, -0.2) is 31.5 Å². The van der Waals surface area contributed by atoms with Crippen molar-refractivity contribution in [3.05, 3.63) is 72.3 Å². The number of fused-ring (bicyclic) bond motifs is 1. The molecule has 3 rings (SSSR count). The molecule has 2 aromatic carbocycles. The smallest absolute Gasteiger partial charge is 0.279 e. The molecule has 0 N–H and O–H groups in total. The average Bonchev–Trinajstić information content (AvgIpc) is 2.88. The zero-order valence-corrected chi connectivity index (χ0v) is 13.3. The van der Waals surface area contributed by atoms with E-state index >= 15 is 0 Å². The number of nitrogens with zero attached hydrogens (tertiary/aromatic N) is 3. The van der Waals surface area contributed by atoms with Crippen molar-refractivity contribution in [1.29, 1.82) is 0 Å². The summed E-state index contributed by atoms with van der Waals surface area (Å²) in [5.74, 6) is 0.529. The number of anilines is 1. The van der Waals surface area contributed by atoms with Crippen LogP contribution in [0.2, 0.25) is 0 Å². The maximum absolute atomic E-state index is 12.6. The van der Waals surface area contributed by atoms with E-state index < -0.39 is 0 Å². The highest BCUT2D eigenvalue weighted by Gasteiger charge is 2.32. The number of para-hydroxylation sites is 2. The Morgan fingerprint density at radius 2 is 1.92 bits per heavy atom. The highest BCUT2D eigenvalue weighted by Crippen LogP contribution is 2.29. The SMILES string of the molecule is C=CCN1C(=O)/C(=N\N=C/c2ccccc2OC)c2ccccc21. The fraction of sp³-hybridized carbons (Fsp3) is 0.105. The molecule has 1 amide bonds. The maximum Gasteiger partial charge on any atom is 0.279 e. The Bertz CT molecular complexity index is 840. The lowest BCUT2D eigenvalue weighted by Crippen LogP contribution is -2.30. The second kappa shape index (κ2) is 6.91. The van der Waals surface area contributed by atoms with Crippen molar-refractivity contribution in [2.24, 2.45) is 10.2 Å². The predicted molar refractivity (Wildman–Crippen MR) is 96.1 cm³/mol. The van der Waals surface area contributed by atoms with Gasteiger partial charge in [-0.2, -0.15) is 5.10 Å². The Morgan fingerprint density at radius 1 is 1.17 bits per heavy atom. The van der Waals surface area contributed by atoms with Crippen LogP contribution in [0.3, 0.4) is 0 Å². The Hall–Kier alpha value is -3.21. The molecular weight excluding hydrogens is 302 g/mol. The monoisotopic (exact) mass is 319 g/mol. The zero-order valence-electron chi connectivity index (χ0n) is 13.3. The third-order valence-corrected chi connectivity index (χ3v) is 3.70. The molecule has 0 atom stereocenters. The minimum atomic E-state index is -0.173. The summed E-state index contributed by atoms with van der Waals surface area (Å²) in [4.78, 5) is 14.2. The molecule has 0 saturated heterocycles. The van der Waals surface area contributed by atoms with E-state index in [4.69, 9.17) is 4.74 Å². The number of carbonyl (C=O) groups excluding carboxylic acids is 1. The van der Waals surface area contributed by atoms with Gasteiger partial charge >= 0.3 is 0 Å². The summed E-state index contributed by atoms with van der Waals surface area (Å²) in [6.07, 6.45) is 3.27. The van der Waals surface area contributed by atoms with Gasteiger partial charge in [-0.1, -0.05) is 36.4 Å². The van der Waals surface area contributed by atoms with E-state index in [0.717, 1.165) is 16.8 Å². The lowest BCUT2D eigenvalue weighted by Gasteiger charge is -2.13. The number of amides is 1. The first kappa shape index (κ1) is 15.7. The van der Waals surface area contributed by atoms with Crippen molar-refractivity contribution in [1.82, 2.24) is 0 Å². The molecule has 5 heteroatoms. The van der Waals surface area contributed by atoms with Gasteiger partial charge in [0, 0.05) is 17.7 Å². The molecule has 0 fully saturated rings. The number of ether oxygens (including phenoxy) is 1. The van der Waals surface area contributed by atoms with E-state index in [0.29, 0.717) is 18.0 Å². The topological polar surface area (TPSA) is 54.3 Å². The Balaban J connectivity index is 1.94. The molecular formula is C19H17N3O2. The first-order chi connectivity index (χ1) is 11.8. The number of hydrogen-bond acceptors (Lipinski definition) is 4. The maximum atomic E-state index is 12.6. The summed E-state index contributed by atoms with van der Waals surface area (Å²) in [5.41, 5.74) is 2.74. The van der Waals surface area contributed by atoms with Gasteiger partial charge in [0.05, 0.1) is 19.0 Å². The molecule has 1 heterocycles. The normalized spacial score (nSPS) is 15.1. The molecule has 1 aliphatic rings. The largest absolute Gasteiger partial charge is 0.496 e. The van der Waals surface area contributed by atoms with Gasteiger partial charge in [0.25, 0.3) is 5.91 Å². The Labute approximate surface area is 140 Å². The first-order valence-electron chi connectivity index (χ1n) is 7.52. The van der Waals surface area contributed by atoms with E-state index in [1.165, 1.54) is 0 Å². The number of carbonyl (C=O) groups is 1. The number of hydrogen-bond donors (Lipinski definition) is 0. The highest BCUT2D eigenvalue weighted by atomic mass is 16.5. The van der Waals surface area contributed by atoms with Crippen LogP contribution in [-0.2, 0) is 4.79 Å². The van der Waals surface area contributed by atoms with Gasteiger partial charge < -0.3 is 9.64 Å². The molecule has 0 aromatic heterocycles. The highest BCUT2D eigenvalue weighted by molar-refractivity contribution is 6.54. The van der Waals surface area contributed by atoms with Crippen LogP contribution in [0.4, 0.5) is 5.69 Å². The third-order valence-electron chi connectivity index (χ3n) is 3.70. The quantitative estimate of drug-likeness (QED) is 0.483. The van der Waals surface area contributed by atoms with Crippen molar-refractivity contribution in [3.8, 4) is 5.75 Å². The first-order valence-corrected chi connectivity index (χ1v) is 7.52. The average molecular weight is 319 g/mol. The van der Waals surface area contributed by atoms with Crippen LogP contribution < -0.4 is 9.64 Å². The molecule has 0 aliphatic carbocycles. The van der Waals surface area contributed by atoms with Crippen molar-refractivity contribution in [2.75, 3.05) is 18.6 Å². The van der Waals surface area contributed by atoms with Crippen molar-refractivity contribution >= 4 is 23.5 Å². The molecule has 120 valence electrons. The van der Waals surface area contributed by atoms with Gasteiger partial charge in [-0.3, -0.25) is 4.79 Å². The van der Waals surface area contributed by atoms with Crippen molar-refractivity contribution < 1.29 is 9.53 Å². The van der Waals surface area contributed by atoms with Gasteiger partial charge in [0.1, 0.15) is 5.75 Å². The van der Waals surface area contributed by atoms with E-state index in [2.05, 4.69) is 16.8 Å². The van der Waals surface area contributed by atoms with E-state index in [9.17, 15) is 4.79 Å². The van der Waals surface area contributed by atoms with Gasteiger partial charge in [0.2, 0.25) is 0 Å².